The molecule has 1 aromatic carbocycles. The molecule has 9 heteroatoms. The van der Waals surface area contributed by atoms with Crippen molar-refractivity contribution in [1.82, 2.24) is 20.1 Å². The molecule has 0 bridgehead atoms. The average molecular weight is 481 g/mol. The molecular formula is C26H32N4O5. The van der Waals surface area contributed by atoms with E-state index in [0.29, 0.717) is 43.8 Å². The lowest BCUT2D eigenvalue weighted by Crippen LogP contribution is -2.60. The molecule has 1 aromatic heterocycles. The van der Waals surface area contributed by atoms with Crippen molar-refractivity contribution in [2.75, 3.05) is 26.8 Å². The molecule has 3 heterocycles. The molecule has 2 aromatic rings. The summed E-state index contributed by atoms with van der Waals surface area (Å²) in [5.74, 6) is 0.0648. The molecule has 186 valence electrons. The molecule has 2 saturated heterocycles. The number of hydrogen-bond acceptors (Lipinski definition) is 6. The Balaban J connectivity index is 1.57. The summed E-state index contributed by atoms with van der Waals surface area (Å²) in [6, 6.07) is 9.70. The average Bonchev–Trinajstić information content (AvgIpc) is 3.26. The van der Waals surface area contributed by atoms with E-state index in [1.807, 2.05) is 30.9 Å². The van der Waals surface area contributed by atoms with Gasteiger partial charge in [0, 0.05) is 56.4 Å². The smallest absolute Gasteiger partial charge is 0.256 e. The van der Waals surface area contributed by atoms with Crippen molar-refractivity contribution >= 4 is 17.7 Å². The van der Waals surface area contributed by atoms with Crippen LogP contribution < -0.4 is 10.1 Å². The fourth-order valence-electron chi connectivity index (χ4n) is 4.69. The summed E-state index contributed by atoms with van der Waals surface area (Å²) in [7, 11) is 1.57. The minimum atomic E-state index is -0.941. The number of pyridine rings is 1. The first-order valence-electron chi connectivity index (χ1n) is 11.9. The van der Waals surface area contributed by atoms with Gasteiger partial charge in [0.2, 0.25) is 11.8 Å². The molecule has 1 N–H and O–H groups in total. The van der Waals surface area contributed by atoms with Crippen LogP contribution in [-0.4, -0.2) is 71.1 Å². The van der Waals surface area contributed by atoms with Crippen molar-refractivity contribution in [1.29, 1.82) is 0 Å². The van der Waals surface area contributed by atoms with Gasteiger partial charge in [-0.1, -0.05) is 13.8 Å². The molecule has 1 atom stereocenters. The fraction of sp³-hybridized carbons (Fsp3) is 0.462. The van der Waals surface area contributed by atoms with Crippen molar-refractivity contribution in [3.05, 3.63) is 59.9 Å². The van der Waals surface area contributed by atoms with Gasteiger partial charge in [0.05, 0.1) is 13.7 Å². The highest BCUT2D eigenvalue weighted by Crippen LogP contribution is 2.39. The molecule has 4 rings (SSSR count). The van der Waals surface area contributed by atoms with Crippen LogP contribution in [0.2, 0.25) is 0 Å². The number of likely N-dealkylation sites (tertiary alicyclic amines) is 1. The molecule has 0 radical (unpaired) electrons. The number of aromatic nitrogens is 1. The Morgan fingerprint density at radius 1 is 1.11 bits per heavy atom. The minimum Gasteiger partial charge on any atom is -0.497 e. The predicted octanol–water partition coefficient (Wildman–Crippen LogP) is 2.22. The Morgan fingerprint density at radius 3 is 2.37 bits per heavy atom. The number of carbonyl (C=O) groups excluding carboxylic acids is 3. The van der Waals surface area contributed by atoms with Gasteiger partial charge in [-0.05, 0) is 42.0 Å². The van der Waals surface area contributed by atoms with E-state index in [1.165, 1.54) is 0 Å². The van der Waals surface area contributed by atoms with E-state index in [4.69, 9.17) is 9.47 Å². The number of methoxy groups -OCH3 is 1. The number of rotatable bonds is 6. The van der Waals surface area contributed by atoms with Gasteiger partial charge in [-0.15, -0.1) is 0 Å². The second kappa shape index (κ2) is 10.4. The highest BCUT2D eigenvalue weighted by molar-refractivity contribution is 5.98. The van der Waals surface area contributed by atoms with E-state index in [2.05, 4.69) is 10.3 Å². The summed E-state index contributed by atoms with van der Waals surface area (Å²) in [5, 5.41) is 2.93. The summed E-state index contributed by atoms with van der Waals surface area (Å²) in [6.45, 7) is 5.11. The van der Waals surface area contributed by atoms with Crippen LogP contribution in [0, 0.1) is 5.92 Å². The first kappa shape index (κ1) is 24.7. The maximum Gasteiger partial charge on any atom is 0.256 e. The number of amides is 3. The number of hydrogen-bond donors (Lipinski definition) is 1. The highest BCUT2D eigenvalue weighted by atomic mass is 16.5. The van der Waals surface area contributed by atoms with Crippen LogP contribution in [0.4, 0.5) is 0 Å². The quantitative estimate of drug-likeness (QED) is 0.681. The number of benzene rings is 1. The standard InChI is InChI=1S/C26H32N4O5/c1-18(2)24(32)29-14-10-26(11-15-29)30(25(33)20-4-6-21(34-3)7-5-20)22(17-35-26)23(31)28-16-19-8-12-27-13-9-19/h4-9,12-13,18,22H,10-11,14-17H2,1-3H3,(H,28,31). The maximum absolute atomic E-state index is 13.8. The van der Waals surface area contributed by atoms with Crippen LogP contribution in [0.3, 0.4) is 0 Å². The van der Waals surface area contributed by atoms with Gasteiger partial charge in [-0.25, -0.2) is 0 Å². The summed E-state index contributed by atoms with van der Waals surface area (Å²) >= 11 is 0. The zero-order valence-electron chi connectivity index (χ0n) is 20.4. The lowest BCUT2D eigenvalue weighted by molar-refractivity contribution is -0.146. The largest absolute Gasteiger partial charge is 0.497 e. The van der Waals surface area contributed by atoms with Gasteiger partial charge < -0.3 is 19.7 Å². The molecule has 35 heavy (non-hydrogen) atoms. The Hall–Kier alpha value is -3.46. The lowest BCUT2D eigenvalue weighted by Gasteiger charge is -2.44. The minimum absolute atomic E-state index is 0.0810. The number of piperidine rings is 1. The molecule has 2 aliphatic heterocycles. The van der Waals surface area contributed by atoms with Crippen molar-refractivity contribution in [3.8, 4) is 5.75 Å². The van der Waals surface area contributed by atoms with Gasteiger partial charge in [0.25, 0.3) is 5.91 Å². The van der Waals surface area contributed by atoms with E-state index in [1.54, 1.807) is 48.7 Å². The third-order valence-corrected chi connectivity index (χ3v) is 6.69. The zero-order chi connectivity index (χ0) is 25.0. The van der Waals surface area contributed by atoms with E-state index in [0.717, 1.165) is 5.56 Å². The summed E-state index contributed by atoms with van der Waals surface area (Å²) in [4.78, 5) is 46.9. The van der Waals surface area contributed by atoms with Crippen molar-refractivity contribution in [3.63, 3.8) is 0 Å². The van der Waals surface area contributed by atoms with Gasteiger partial charge in [0.15, 0.2) is 0 Å². The molecule has 2 aliphatic rings. The predicted molar refractivity (Wildman–Crippen MR) is 128 cm³/mol. The maximum atomic E-state index is 13.8. The first-order valence-corrected chi connectivity index (χ1v) is 11.9. The van der Waals surface area contributed by atoms with Crippen LogP contribution in [0.1, 0.15) is 42.6 Å². The SMILES string of the molecule is COc1ccc(C(=O)N2C(C(=O)NCc3ccncc3)COC23CCN(C(=O)C(C)C)CC3)cc1. The second-order valence-electron chi connectivity index (χ2n) is 9.23. The lowest BCUT2D eigenvalue weighted by atomic mass is 9.95. The second-order valence-corrected chi connectivity index (χ2v) is 9.23. The Kier molecular flexibility index (Phi) is 7.35. The summed E-state index contributed by atoms with van der Waals surface area (Å²) in [5.41, 5.74) is 0.419. The van der Waals surface area contributed by atoms with E-state index < -0.39 is 11.8 Å². The van der Waals surface area contributed by atoms with Crippen LogP contribution in [-0.2, 0) is 20.9 Å². The van der Waals surface area contributed by atoms with Gasteiger partial charge in [-0.2, -0.15) is 0 Å². The van der Waals surface area contributed by atoms with E-state index in [-0.39, 0.29) is 30.2 Å². The highest BCUT2D eigenvalue weighted by Gasteiger charge is 2.54. The fourth-order valence-corrected chi connectivity index (χ4v) is 4.69. The molecular weight excluding hydrogens is 448 g/mol. The molecule has 2 fully saturated rings. The molecule has 1 unspecified atom stereocenters. The third kappa shape index (κ3) is 5.14. The Labute approximate surface area is 205 Å². The molecule has 9 nitrogen and oxygen atoms in total. The first-order chi connectivity index (χ1) is 16.8. The van der Waals surface area contributed by atoms with Crippen LogP contribution in [0.25, 0.3) is 0 Å². The topological polar surface area (TPSA) is 101 Å². The molecule has 3 amide bonds. The van der Waals surface area contributed by atoms with Crippen molar-refractivity contribution in [2.24, 2.45) is 5.92 Å². The van der Waals surface area contributed by atoms with Gasteiger partial charge in [-0.3, -0.25) is 24.3 Å². The monoisotopic (exact) mass is 480 g/mol. The normalized spacial score (nSPS) is 19.1. The van der Waals surface area contributed by atoms with Crippen molar-refractivity contribution in [2.45, 2.75) is 45.0 Å². The van der Waals surface area contributed by atoms with Crippen LogP contribution >= 0.6 is 0 Å². The molecule has 0 saturated carbocycles. The number of nitrogens with one attached hydrogen (secondary N) is 1. The third-order valence-electron chi connectivity index (χ3n) is 6.69. The van der Waals surface area contributed by atoms with Gasteiger partial charge in [0.1, 0.15) is 17.5 Å². The zero-order valence-corrected chi connectivity index (χ0v) is 20.4. The van der Waals surface area contributed by atoms with Crippen LogP contribution in [0.5, 0.6) is 5.75 Å². The van der Waals surface area contributed by atoms with Gasteiger partial charge >= 0.3 is 0 Å². The Morgan fingerprint density at radius 2 is 1.77 bits per heavy atom. The number of carbonyl (C=O) groups is 3. The summed E-state index contributed by atoms with van der Waals surface area (Å²) in [6.07, 6.45) is 4.23. The Bertz CT molecular complexity index is 1050. The van der Waals surface area contributed by atoms with E-state index in [9.17, 15) is 14.4 Å². The summed E-state index contributed by atoms with van der Waals surface area (Å²) < 4.78 is 11.4. The number of ether oxygens (including phenoxy) is 2. The molecule has 1 spiro atoms. The number of nitrogens with zero attached hydrogens (tertiary/aromatic N) is 3. The van der Waals surface area contributed by atoms with E-state index >= 15 is 0 Å². The van der Waals surface area contributed by atoms with Crippen molar-refractivity contribution < 1.29 is 23.9 Å². The van der Waals surface area contributed by atoms with Crippen LogP contribution in [0.15, 0.2) is 48.8 Å². The molecule has 0 aliphatic carbocycles.